The fourth-order valence-corrected chi connectivity index (χ4v) is 3.04. The van der Waals surface area contributed by atoms with E-state index in [1.165, 1.54) is 0 Å². The molecule has 6 nitrogen and oxygen atoms in total. The second kappa shape index (κ2) is 8.97. The van der Waals surface area contributed by atoms with Crippen LogP contribution in [0.3, 0.4) is 0 Å². The fraction of sp³-hybridized carbons (Fsp3) is 0.350. The number of aromatic nitrogens is 1. The van der Waals surface area contributed by atoms with Crippen molar-refractivity contribution in [3.8, 4) is 0 Å². The van der Waals surface area contributed by atoms with Gasteiger partial charge in [-0.1, -0.05) is 29.8 Å². The molecule has 0 aliphatic carbocycles. The van der Waals surface area contributed by atoms with Gasteiger partial charge in [0.15, 0.2) is 0 Å². The third kappa shape index (κ3) is 5.28. The number of carbonyl (C=O) groups is 2. The van der Waals surface area contributed by atoms with E-state index in [2.05, 4.69) is 15.2 Å². The highest BCUT2D eigenvalue weighted by molar-refractivity contribution is 6.30. The van der Waals surface area contributed by atoms with Crippen molar-refractivity contribution >= 4 is 23.4 Å². The number of carbonyl (C=O) groups excluding carboxylic acids is 2. The van der Waals surface area contributed by atoms with E-state index in [-0.39, 0.29) is 17.5 Å². The minimum Gasteiger partial charge on any atom is -0.350 e. The molecule has 27 heavy (non-hydrogen) atoms. The van der Waals surface area contributed by atoms with Gasteiger partial charge in [0.25, 0.3) is 11.8 Å². The van der Waals surface area contributed by atoms with E-state index in [9.17, 15) is 9.59 Å². The Balaban J connectivity index is 1.56. The largest absolute Gasteiger partial charge is 0.350 e. The van der Waals surface area contributed by atoms with Crippen LogP contribution in [0.5, 0.6) is 0 Å². The van der Waals surface area contributed by atoms with Crippen molar-refractivity contribution in [3.05, 3.63) is 64.4 Å². The Bertz CT molecular complexity index is 802. The van der Waals surface area contributed by atoms with Gasteiger partial charge >= 0.3 is 0 Å². The van der Waals surface area contributed by atoms with Gasteiger partial charge in [0.1, 0.15) is 11.4 Å². The number of amides is 2. The quantitative estimate of drug-likeness (QED) is 0.854. The minimum atomic E-state index is -0.281. The molecular weight excluding hydrogens is 364 g/mol. The van der Waals surface area contributed by atoms with Crippen molar-refractivity contribution in [2.45, 2.75) is 6.42 Å². The first-order chi connectivity index (χ1) is 13.0. The third-order valence-electron chi connectivity index (χ3n) is 4.60. The Morgan fingerprint density at radius 3 is 2.41 bits per heavy atom. The maximum Gasteiger partial charge on any atom is 0.272 e. The van der Waals surface area contributed by atoms with Crippen LogP contribution in [0.15, 0.2) is 42.5 Å². The van der Waals surface area contributed by atoms with Gasteiger partial charge in [-0.15, -0.1) is 0 Å². The summed E-state index contributed by atoms with van der Waals surface area (Å²) in [6.45, 7) is 3.52. The number of benzene rings is 1. The molecule has 1 aromatic heterocycles. The van der Waals surface area contributed by atoms with Crippen LogP contribution in [0.25, 0.3) is 0 Å². The Labute approximate surface area is 164 Å². The van der Waals surface area contributed by atoms with E-state index in [1.807, 2.05) is 31.3 Å². The number of piperazine rings is 1. The molecule has 2 amide bonds. The van der Waals surface area contributed by atoms with Gasteiger partial charge in [-0.25, -0.2) is 4.98 Å². The topological polar surface area (TPSA) is 65.5 Å². The maximum absolute atomic E-state index is 12.6. The zero-order valence-corrected chi connectivity index (χ0v) is 16.1. The first kappa shape index (κ1) is 19.3. The SMILES string of the molecule is CN1CCN(C(=O)c2cccc(C(=O)NCCc3ccc(Cl)cc3)n2)CC1. The molecule has 1 fully saturated rings. The summed E-state index contributed by atoms with van der Waals surface area (Å²) in [5, 5.41) is 3.54. The maximum atomic E-state index is 12.6. The Morgan fingerprint density at radius 1 is 1.04 bits per heavy atom. The summed E-state index contributed by atoms with van der Waals surface area (Å²) in [4.78, 5) is 33.2. The summed E-state index contributed by atoms with van der Waals surface area (Å²) >= 11 is 5.87. The Morgan fingerprint density at radius 2 is 1.70 bits per heavy atom. The lowest BCUT2D eigenvalue weighted by Crippen LogP contribution is -2.47. The van der Waals surface area contributed by atoms with Crippen LogP contribution in [0.1, 0.15) is 26.5 Å². The zero-order valence-electron chi connectivity index (χ0n) is 15.3. The molecule has 2 heterocycles. The van der Waals surface area contributed by atoms with E-state index in [0.29, 0.717) is 36.8 Å². The molecule has 0 unspecified atom stereocenters. The summed E-state index contributed by atoms with van der Waals surface area (Å²) in [6.07, 6.45) is 0.697. The molecule has 0 radical (unpaired) electrons. The molecule has 1 saturated heterocycles. The van der Waals surface area contributed by atoms with Gasteiger partial charge in [0, 0.05) is 37.7 Å². The number of rotatable bonds is 5. The number of hydrogen-bond acceptors (Lipinski definition) is 4. The van der Waals surface area contributed by atoms with E-state index < -0.39 is 0 Å². The van der Waals surface area contributed by atoms with E-state index in [1.54, 1.807) is 23.1 Å². The molecule has 1 aliphatic heterocycles. The van der Waals surface area contributed by atoms with Crippen LogP contribution in [-0.4, -0.2) is 66.4 Å². The average Bonchev–Trinajstić information content (AvgIpc) is 2.69. The lowest BCUT2D eigenvalue weighted by molar-refractivity contribution is 0.0658. The molecule has 2 aromatic rings. The first-order valence-electron chi connectivity index (χ1n) is 9.00. The molecule has 1 aliphatic rings. The highest BCUT2D eigenvalue weighted by Gasteiger charge is 2.22. The highest BCUT2D eigenvalue weighted by atomic mass is 35.5. The lowest BCUT2D eigenvalue weighted by atomic mass is 10.1. The Kier molecular flexibility index (Phi) is 6.42. The lowest BCUT2D eigenvalue weighted by Gasteiger charge is -2.32. The van der Waals surface area contributed by atoms with Crippen LogP contribution in [0, 0.1) is 0 Å². The standard InChI is InChI=1S/C20H23ClN4O2/c1-24-11-13-25(14-12-24)20(27)18-4-2-3-17(23-18)19(26)22-10-9-15-5-7-16(21)8-6-15/h2-8H,9-14H2,1H3,(H,22,26). The van der Waals surface area contributed by atoms with Crippen molar-refractivity contribution < 1.29 is 9.59 Å². The molecular formula is C20H23ClN4O2. The molecule has 3 rings (SSSR count). The van der Waals surface area contributed by atoms with Gasteiger partial charge < -0.3 is 15.1 Å². The Hall–Kier alpha value is -2.44. The van der Waals surface area contributed by atoms with Crippen molar-refractivity contribution in [2.24, 2.45) is 0 Å². The summed E-state index contributed by atoms with van der Waals surface area (Å²) in [6, 6.07) is 12.5. The number of nitrogens with one attached hydrogen (secondary N) is 1. The van der Waals surface area contributed by atoms with E-state index in [0.717, 1.165) is 18.7 Å². The predicted molar refractivity (Wildman–Crippen MR) is 105 cm³/mol. The van der Waals surface area contributed by atoms with Gasteiger partial charge in [-0.2, -0.15) is 0 Å². The molecule has 0 atom stereocenters. The summed E-state index contributed by atoms with van der Waals surface area (Å²) in [7, 11) is 2.04. The van der Waals surface area contributed by atoms with Crippen LogP contribution < -0.4 is 5.32 Å². The van der Waals surface area contributed by atoms with Crippen molar-refractivity contribution in [2.75, 3.05) is 39.8 Å². The van der Waals surface area contributed by atoms with Gasteiger partial charge in [-0.3, -0.25) is 9.59 Å². The van der Waals surface area contributed by atoms with Crippen LogP contribution >= 0.6 is 11.6 Å². The summed E-state index contributed by atoms with van der Waals surface area (Å²) < 4.78 is 0. The number of pyridine rings is 1. The molecule has 1 N–H and O–H groups in total. The number of hydrogen-bond donors (Lipinski definition) is 1. The third-order valence-corrected chi connectivity index (χ3v) is 4.86. The van der Waals surface area contributed by atoms with Crippen molar-refractivity contribution in [1.29, 1.82) is 0 Å². The van der Waals surface area contributed by atoms with E-state index >= 15 is 0 Å². The number of likely N-dealkylation sites (N-methyl/N-ethyl adjacent to an activating group) is 1. The highest BCUT2D eigenvalue weighted by Crippen LogP contribution is 2.10. The van der Waals surface area contributed by atoms with Crippen molar-refractivity contribution in [1.82, 2.24) is 20.1 Å². The second-order valence-corrected chi connectivity index (χ2v) is 7.07. The number of halogens is 1. The predicted octanol–water partition coefficient (Wildman–Crippen LogP) is 2.10. The fourth-order valence-electron chi connectivity index (χ4n) is 2.91. The molecule has 0 spiro atoms. The average molecular weight is 387 g/mol. The zero-order chi connectivity index (χ0) is 19.2. The summed E-state index contributed by atoms with van der Waals surface area (Å²) in [5.74, 6) is -0.407. The molecule has 7 heteroatoms. The normalized spacial score (nSPS) is 14.8. The molecule has 142 valence electrons. The van der Waals surface area contributed by atoms with Gasteiger partial charge in [-0.05, 0) is 43.3 Å². The van der Waals surface area contributed by atoms with E-state index in [4.69, 9.17) is 11.6 Å². The first-order valence-corrected chi connectivity index (χ1v) is 9.38. The van der Waals surface area contributed by atoms with Crippen LogP contribution in [-0.2, 0) is 6.42 Å². The molecule has 1 aromatic carbocycles. The van der Waals surface area contributed by atoms with Crippen LogP contribution in [0.2, 0.25) is 5.02 Å². The smallest absolute Gasteiger partial charge is 0.272 e. The molecule has 0 bridgehead atoms. The second-order valence-electron chi connectivity index (χ2n) is 6.64. The minimum absolute atomic E-state index is 0.126. The van der Waals surface area contributed by atoms with Gasteiger partial charge in [0.05, 0.1) is 0 Å². The van der Waals surface area contributed by atoms with Gasteiger partial charge in [0.2, 0.25) is 0 Å². The molecule has 0 saturated carbocycles. The van der Waals surface area contributed by atoms with Crippen LogP contribution in [0.4, 0.5) is 0 Å². The monoisotopic (exact) mass is 386 g/mol. The van der Waals surface area contributed by atoms with Crippen molar-refractivity contribution in [3.63, 3.8) is 0 Å². The number of nitrogens with zero attached hydrogens (tertiary/aromatic N) is 3. The summed E-state index contributed by atoms with van der Waals surface area (Å²) in [5.41, 5.74) is 1.66.